The normalized spacial score (nSPS) is 11.0. The number of thiazole rings is 1. The maximum absolute atomic E-state index is 12.8. The van der Waals surface area contributed by atoms with Crippen LogP contribution < -0.4 is 10.6 Å². The van der Waals surface area contributed by atoms with E-state index in [0.717, 1.165) is 17.4 Å². The van der Waals surface area contributed by atoms with Crippen LogP contribution in [-0.2, 0) is 17.9 Å². The van der Waals surface area contributed by atoms with E-state index in [0.29, 0.717) is 34.5 Å². The number of fused-ring (bicyclic) bond motifs is 1. The number of furan rings is 1. The standard InChI is InChI=1S/C21H20N4O3S/c1-3-25-11-16(15-6-4-5-7-18(15)25)20(27)24-21-23-17(12-29-21)19-9-8-14(28-19)10-22-13(2)26/h4-9,11-12H,3,10H2,1-2H3,(H,22,26)(H,23,24,27). The number of carbonyl (C=O) groups is 2. The molecule has 2 amide bonds. The summed E-state index contributed by atoms with van der Waals surface area (Å²) in [6.07, 6.45) is 1.87. The lowest BCUT2D eigenvalue weighted by molar-refractivity contribution is -0.119. The van der Waals surface area contributed by atoms with Gasteiger partial charge in [0.05, 0.1) is 12.1 Å². The van der Waals surface area contributed by atoms with Crippen molar-refractivity contribution in [1.29, 1.82) is 0 Å². The number of para-hydroxylation sites is 1. The smallest absolute Gasteiger partial charge is 0.259 e. The number of amides is 2. The Hall–Kier alpha value is -3.39. The number of rotatable bonds is 6. The van der Waals surface area contributed by atoms with Crippen molar-refractivity contribution in [3.8, 4) is 11.5 Å². The predicted octanol–water partition coefficient (Wildman–Crippen LogP) is 4.27. The van der Waals surface area contributed by atoms with Crippen molar-refractivity contribution in [2.75, 3.05) is 5.32 Å². The first-order chi connectivity index (χ1) is 14.0. The molecule has 0 aliphatic heterocycles. The van der Waals surface area contributed by atoms with Crippen molar-refractivity contribution >= 4 is 39.2 Å². The lowest BCUT2D eigenvalue weighted by Gasteiger charge is -2.00. The third-order valence-electron chi connectivity index (χ3n) is 4.52. The van der Waals surface area contributed by atoms with Crippen LogP contribution in [0.5, 0.6) is 0 Å². The Morgan fingerprint density at radius 1 is 1.21 bits per heavy atom. The monoisotopic (exact) mass is 408 g/mol. The van der Waals surface area contributed by atoms with E-state index in [1.165, 1.54) is 18.3 Å². The van der Waals surface area contributed by atoms with Gasteiger partial charge >= 0.3 is 0 Å². The van der Waals surface area contributed by atoms with Crippen LogP contribution in [0.2, 0.25) is 0 Å². The summed E-state index contributed by atoms with van der Waals surface area (Å²) in [6, 6.07) is 11.4. The van der Waals surface area contributed by atoms with E-state index in [1.54, 1.807) is 12.1 Å². The molecule has 0 unspecified atom stereocenters. The average Bonchev–Trinajstić information content (AvgIpc) is 3.44. The number of aryl methyl sites for hydroxylation is 1. The largest absolute Gasteiger partial charge is 0.458 e. The first kappa shape index (κ1) is 18.9. The minimum atomic E-state index is -0.194. The van der Waals surface area contributed by atoms with E-state index in [1.807, 2.05) is 42.8 Å². The van der Waals surface area contributed by atoms with Crippen LogP contribution in [0.3, 0.4) is 0 Å². The van der Waals surface area contributed by atoms with Crippen molar-refractivity contribution in [2.24, 2.45) is 0 Å². The molecule has 0 radical (unpaired) electrons. The second kappa shape index (κ2) is 7.92. The van der Waals surface area contributed by atoms with Gasteiger partial charge < -0.3 is 14.3 Å². The van der Waals surface area contributed by atoms with Crippen molar-refractivity contribution in [2.45, 2.75) is 26.9 Å². The molecule has 3 aromatic heterocycles. The second-order valence-corrected chi connectivity index (χ2v) is 7.37. The summed E-state index contributed by atoms with van der Waals surface area (Å²) in [5, 5.41) is 8.81. The molecular weight excluding hydrogens is 388 g/mol. The van der Waals surface area contributed by atoms with Gasteiger partial charge in [0, 0.05) is 35.9 Å². The molecule has 7 nitrogen and oxygen atoms in total. The van der Waals surface area contributed by atoms with Gasteiger partial charge in [0.2, 0.25) is 5.91 Å². The molecule has 8 heteroatoms. The molecule has 0 atom stereocenters. The number of nitrogens with zero attached hydrogens (tertiary/aromatic N) is 2. The number of anilines is 1. The Morgan fingerprint density at radius 2 is 2.03 bits per heavy atom. The van der Waals surface area contributed by atoms with Crippen LogP contribution in [0.25, 0.3) is 22.4 Å². The molecule has 3 heterocycles. The molecule has 1 aromatic carbocycles. The zero-order valence-corrected chi connectivity index (χ0v) is 16.9. The number of hydrogen-bond acceptors (Lipinski definition) is 5. The fraction of sp³-hybridized carbons (Fsp3) is 0.190. The zero-order valence-electron chi connectivity index (χ0n) is 16.1. The van der Waals surface area contributed by atoms with Gasteiger partial charge in [-0.05, 0) is 25.1 Å². The Bertz CT molecular complexity index is 1190. The van der Waals surface area contributed by atoms with Gasteiger partial charge in [0.15, 0.2) is 10.9 Å². The first-order valence-corrected chi connectivity index (χ1v) is 10.1. The third kappa shape index (κ3) is 3.93. The molecule has 0 aliphatic carbocycles. The molecule has 0 aliphatic rings. The minimum Gasteiger partial charge on any atom is -0.458 e. The molecule has 0 saturated carbocycles. The van der Waals surface area contributed by atoms with E-state index in [4.69, 9.17) is 4.42 Å². The van der Waals surface area contributed by atoms with Crippen LogP contribution in [0.1, 0.15) is 30.0 Å². The van der Waals surface area contributed by atoms with Crippen molar-refractivity contribution in [3.63, 3.8) is 0 Å². The quantitative estimate of drug-likeness (QED) is 0.499. The number of benzene rings is 1. The summed E-state index contributed by atoms with van der Waals surface area (Å²) < 4.78 is 7.76. The Kier molecular flexibility index (Phi) is 5.18. The fourth-order valence-corrected chi connectivity index (χ4v) is 3.82. The summed E-state index contributed by atoms with van der Waals surface area (Å²) in [5.41, 5.74) is 2.28. The summed E-state index contributed by atoms with van der Waals surface area (Å²) >= 11 is 1.33. The molecule has 0 spiro atoms. The van der Waals surface area contributed by atoms with Gasteiger partial charge in [0.1, 0.15) is 11.5 Å². The van der Waals surface area contributed by atoms with Crippen molar-refractivity contribution in [1.82, 2.24) is 14.9 Å². The number of nitrogens with one attached hydrogen (secondary N) is 2. The van der Waals surface area contributed by atoms with Crippen LogP contribution in [0.15, 0.2) is 52.4 Å². The SMILES string of the molecule is CCn1cc(C(=O)Nc2nc(-c3ccc(CNC(C)=O)o3)cs2)c2ccccc21. The van der Waals surface area contributed by atoms with E-state index < -0.39 is 0 Å². The molecule has 0 fully saturated rings. The van der Waals surface area contributed by atoms with Gasteiger partial charge in [-0.25, -0.2) is 4.98 Å². The van der Waals surface area contributed by atoms with Crippen LogP contribution in [0.4, 0.5) is 5.13 Å². The molecule has 4 rings (SSSR count). The van der Waals surface area contributed by atoms with E-state index in [9.17, 15) is 9.59 Å². The second-order valence-electron chi connectivity index (χ2n) is 6.51. The lowest BCUT2D eigenvalue weighted by atomic mass is 10.1. The topological polar surface area (TPSA) is 89.2 Å². The van der Waals surface area contributed by atoms with E-state index in [2.05, 4.69) is 20.2 Å². The van der Waals surface area contributed by atoms with Crippen LogP contribution in [0, 0.1) is 0 Å². The van der Waals surface area contributed by atoms with Crippen LogP contribution >= 0.6 is 11.3 Å². The van der Waals surface area contributed by atoms with Crippen molar-refractivity contribution in [3.05, 3.63) is 59.3 Å². The molecule has 2 N–H and O–H groups in total. The van der Waals surface area contributed by atoms with E-state index >= 15 is 0 Å². The van der Waals surface area contributed by atoms with Gasteiger partial charge in [-0.3, -0.25) is 14.9 Å². The summed E-state index contributed by atoms with van der Waals surface area (Å²) in [7, 11) is 0. The first-order valence-electron chi connectivity index (χ1n) is 9.23. The Morgan fingerprint density at radius 3 is 2.83 bits per heavy atom. The van der Waals surface area contributed by atoms with Gasteiger partial charge in [-0.1, -0.05) is 18.2 Å². The molecular formula is C21H20N4O3S. The molecule has 148 valence electrons. The molecule has 29 heavy (non-hydrogen) atoms. The summed E-state index contributed by atoms with van der Waals surface area (Å²) in [4.78, 5) is 28.3. The minimum absolute atomic E-state index is 0.119. The highest BCUT2D eigenvalue weighted by Crippen LogP contribution is 2.28. The number of hydrogen-bond donors (Lipinski definition) is 2. The van der Waals surface area contributed by atoms with Gasteiger partial charge in [0.25, 0.3) is 5.91 Å². The fourth-order valence-electron chi connectivity index (χ4n) is 3.12. The highest BCUT2D eigenvalue weighted by molar-refractivity contribution is 7.14. The summed E-state index contributed by atoms with van der Waals surface area (Å²) in [6.45, 7) is 4.61. The van der Waals surface area contributed by atoms with E-state index in [-0.39, 0.29) is 11.8 Å². The Balaban J connectivity index is 1.51. The number of aromatic nitrogens is 2. The third-order valence-corrected chi connectivity index (χ3v) is 5.28. The maximum atomic E-state index is 12.8. The Labute approximate surface area is 171 Å². The van der Waals surface area contributed by atoms with Gasteiger partial charge in [-0.15, -0.1) is 11.3 Å². The summed E-state index contributed by atoms with van der Waals surface area (Å²) in [5.74, 6) is 0.914. The van der Waals surface area contributed by atoms with Gasteiger partial charge in [-0.2, -0.15) is 0 Å². The predicted molar refractivity (Wildman–Crippen MR) is 113 cm³/mol. The highest BCUT2D eigenvalue weighted by atomic mass is 32.1. The number of carbonyl (C=O) groups excluding carboxylic acids is 2. The molecule has 4 aromatic rings. The molecule has 0 saturated heterocycles. The average molecular weight is 408 g/mol. The zero-order chi connectivity index (χ0) is 20.4. The molecule has 0 bridgehead atoms. The maximum Gasteiger partial charge on any atom is 0.259 e. The van der Waals surface area contributed by atoms with Crippen molar-refractivity contribution < 1.29 is 14.0 Å². The highest BCUT2D eigenvalue weighted by Gasteiger charge is 2.17. The lowest BCUT2D eigenvalue weighted by Crippen LogP contribution is -2.18. The van der Waals surface area contributed by atoms with Crippen LogP contribution in [-0.4, -0.2) is 21.4 Å².